The number of aromatic nitrogens is 3. The Kier molecular flexibility index (Phi) is 7.37. The smallest absolute Gasteiger partial charge is 0.259 e. The van der Waals surface area contributed by atoms with E-state index in [0.717, 1.165) is 12.0 Å². The zero-order chi connectivity index (χ0) is 31.7. The number of piperidine rings is 1. The average molecular weight is 672 g/mol. The molecule has 1 saturated heterocycles. The predicted octanol–water partition coefficient (Wildman–Crippen LogP) is 5.41. The van der Waals surface area contributed by atoms with Crippen molar-refractivity contribution >= 4 is 61.8 Å². The van der Waals surface area contributed by atoms with Crippen LogP contribution >= 0.6 is 15.9 Å². The molecule has 2 aliphatic carbocycles. The van der Waals surface area contributed by atoms with Crippen molar-refractivity contribution in [3.8, 4) is 0 Å². The SMILES string of the molecule is CC(=O)c1nn(CC(=O)N2[C@H](C(=O)Nc3nc(Br)ccc3C)C[C@@]3(C)C[C@@H]23)c2c(C)cc(NC(=O)C3CCCC3(F)F)cc12. The molecule has 3 heterocycles. The number of pyridine rings is 1. The Hall–Kier alpha value is -3.74. The maximum Gasteiger partial charge on any atom is 0.259 e. The first kappa shape index (κ1) is 30.3. The van der Waals surface area contributed by atoms with Crippen LogP contribution in [0.25, 0.3) is 10.9 Å². The third kappa shape index (κ3) is 5.28. The van der Waals surface area contributed by atoms with Crippen LogP contribution in [0.2, 0.25) is 0 Å². The fourth-order valence-electron chi connectivity index (χ4n) is 6.85. The number of alkyl halides is 2. The molecule has 44 heavy (non-hydrogen) atoms. The molecule has 10 nitrogen and oxygen atoms in total. The van der Waals surface area contributed by atoms with E-state index in [0.29, 0.717) is 33.3 Å². The second-order valence-corrected chi connectivity index (χ2v) is 13.4. The topological polar surface area (TPSA) is 126 Å². The van der Waals surface area contributed by atoms with Crippen molar-refractivity contribution in [3.05, 3.63) is 45.7 Å². The summed E-state index contributed by atoms with van der Waals surface area (Å²) in [4.78, 5) is 58.7. The van der Waals surface area contributed by atoms with Gasteiger partial charge in [-0.2, -0.15) is 5.10 Å². The van der Waals surface area contributed by atoms with Gasteiger partial charge in [-0.05, 0) is 90.2 Å². The lowest BCUT2D eigenvalue weighted by atomic mass is 10.0. The molecular formula is C31H33BrF2N6O4. The van der Waals surface area contributed by atoms with Crippen LogP contribution in [0.15, 0.2) is 28.9 Å². The molecule has 3 fully saturated rings. The molecule has 4 atom stereocenters. The first-order valence-electron chi connectivity index (χ1n) is 14.6. The Morgan fingerprint density at radius 3 is 2.50 bits per heavy atom. The van der Waals surface area contributed by atoms with E-state index in [1.807, 2.05) is 13.0 Å². The monoisotopic (exact) mass is 670 g/mol. The van der Waals surface area contributed by atoms with Gasteiger partial charge in [0.1, 0.15) is 34.6 Å². The number of likely N-dealkylation sites (tertiary alicyclic amines) is 1. The van der Waals surface area contributed by atoms with Crippen molar-refractivity contribution in [2.24, 2.45) is 11.3 Å². The van der Waals surface area contributed by atoms with Crippen molar-refractivity contribution in [1.82, 2.24) is 19.7 Å². The summed E-state index contributed by atoms with van der Waals surface area (Å²) < 4.78 is 30.4. The highest BCUT2D eigenvalue weighted by Gasteiger charge is 2.64. The highest BCUT2D eigenvalue weighted by Crippen LogP contribution is 2.59. The van der Waals surface area contributed by atoms with E-state index >= 15 is 0 Å². The van der Waals surface area contributed by atoms with E-state index in [2.05, 4.69) is 43.6 Å². The predicted molar refractivity (Wildman–Crippen MR) is 162 cm³/mol. The summed E-state index contributed by atoms with van der Waals surface area (Å²) in [7, 11) is 0. The Balaban J connectivity index is 1.27. The average Bonchev–Trinajstić information content (AvgIpc) is 3.20. The molecule has 2 saturated carbocycles. The molecule has 1 aromatic carbocycles. The van der Waals surface area contributed by atoms with Gasteiger partial charge in [-0.15, -0.1) is 0 Å². The van der Waals surface area contributed by atoms with E-state index in [1.165, 1.54) is 17.7 Å². The van der Waals surface area contributed by atoms with Crippen molar-refractivity contribution in [2.75, 3.05) is 10.6 Å². The molecule has 2 aromatic heterocycles. The minimum Gasteiger partial charge on any atom is -0.326 e. The van der Waals surface area contributed by atoms with Gasteiger partial charge in [0.05, 0.1) is 5.52 Å². The Bertz CT molecular complexity index is 1740. The van der Waals surface area contributed by atoms with E-state index < -0.39 is 23.8 Å². The van der Waals surface area contributed by atoms with Crippen LogP contribution < -0.4 is 10.6 Å². The lowest BCUT2D eigenvalue weighted by Gasteiger charge is -2.27. The van der Waals surface area contributed by atoms with Crippen LogP contribution in [0.4, 0.5) is 20.3 Å². The van der Waals surface area contributed by atoms with Crippen molar-refractivity contribution < 1.29 is 28.0 Å². The van der Waals surface area contributed by atoms with Gasteiger partial charge in [-0.25, -0.2) is 13.8 Å². The number of hydrogen-bond acceptors (Lipinski definition) is 6. The minimum atomic E-state index is -3.06. The zero-order valence-corrected chi connectivity index (χ0v) is 26.4. The molecular weight excluding hydrogens is 638 g/mol. The van der Waals surface area contributed by atoms with Gasteiger partial charge in [0.2, 0.25) is 17.7 Å². The molecule has 1 aliphatic heterocycles. The number of nitrogens with zero attached hydrogens (tertiary/aromatic N) is 4. The molecule has 2 N–H and O–H groups in total. The lowest BCUT2D eigenvalue weighted by molar-refractivity contribution is -0.138. The highest BCUT2D eigenvalue weighted by molar-refractivity contribution is 9.10. The summed E-state index contributed by atoms with van der Waals surface area (Å²) in [6.45, 7) is 6.78. The summed E-state index contributed by atoms with van der Waals surface area (Å²) in [6.07, 6.45) is 1.37. The van der Waals surface area contributed by atoms with Gasteiger partial charge >= 0.3 is 0 Å². The number of hydrogen-bond donors (Lipinski definition) is 2. The van der Waals surface area contributed by atoms with Gasteiger partial charge in [0.25, 0.3) is 5.92 Å². The number of nitrogens with one attached hydrogen (secondary N) is 2. The minimum absolute atomic E-state index is 0.0898. The summed E-state index contributed by atoms with van der Waals surface area (Å²) in [6, 6.07) is 5.99. The van der Waals surface area contributed by atoms with Crippen molar-refractivity contribution in [1.29, 1.82) is 0 Å². The molecule has 232 valence electrons. The quantitative estimate of drug-likeness (QED) is 0.256. The number of fused-ring (bicyclic) bond motifs is 2. The second-order valence-electron chi connectivity index (χ2n) is 12.6. The number of aryl methyl sites for hydroxylation is 2. The number of Topliss-reactive ketones (excluding diaryl/α,β-unsaturated/α-hetero) is 1. The van der Waals surface area contributed by atoms with Crippen LogP contribution in [0.3, 0.4) is 0 Å². The van der Waals surface area contributed by atoms with Crippen LogP contribution in [0.5, 0.6) is 0 Å². The number of carbonyl (C=O) groups is 4. The molecule has 13 heteroatoms. The van der Waals surface area contributed by atoms with E-state index in [4.69, 9.17) is 0 Å². The summed E-state index contributed by atoms with van der Waals surface area (Å²) >= 11 is 3.33. The first-order valence-corrected chi connectivity index (χ1v) is 15.4. The highest BCUT2D eigenvalue weighted by atomic mass is 79.9. The van der Waals surface area contributed by atoms with Gasteiger partial charge < -0.3 is 15.5 Å². The third-order valence-electron chi connectivity index (χ3n) is 9.28. The van der Waals surface area contributed by atoms with Gasteiger partial charge in [-0.1, -0.05) is 13.0 Å². The fraction of sp³-hybridized carbons (Fsp3) is 0.484. The maximum absolute atomic E-state index is 14.2. The second kappa shape index (κ2) is 10.7. The molecule has 3 amide bonds. The normalized spacial score (nSPS) is 25.2. The molecule has 6 rings (SSSR count). The van der Waals surface area contributed by atoms with E-state index in [-0.39, 0.29) is 66.2 Å². The molecule has 3 aliphatic rings. The maximum atomic E-state index is 14.2. The van der Waals surface area contributed by atoms with Gasteiger partial charge in [0.15, 0.2) is 5.78 Å². The van der Waals surface area contributed by atoms with Crippen LogP contribution in [0, 0.1) is 25.2 Å². The fourth-order valence-corrected chi connectivity index (χ4v) is 7.16. The molecule has 0 bridgehead atoms. The first-order chi connectivity index (χ1) is 20.7. The van der Waals surface area contributed by atoms with E-state index in [9.17, 15) is 28.0 Å². The molecule has 0 radical (unpaired) electrons. The van der Waals surface area contributed by atoms with Crippen LogP contribution in [0.1, 0.15) is 67.6 Å². The summed E-state index contributed by atoms with van der Waals surface area (Å²) in [5.41, 5.74) is 2.12. The van der Waals surface area contributed by atoms with Crippen LogP contribution in [-0.2, 0) is 20.9 Å². The van der Waals surface area contributed by atoms with Gasteiger partial charge in [-0.3, -0.25) is 23.9 Å². The number of halogens is 3. The standard InChI is InChI=1S/C31H33BrF2N6O4/c1-15-7-8-23(32)36-27(15)37-29(44)21-12-30(4)13-22(30)40(21)24(42)14-39-26-16(2)10-18(11-19(26)25(38-39)17(3)41)35-28(43)20-6-5-9-31(20,33)34/h7-8,10-11,20-22H,5-6,9,12-14H2,1-4H3,(H,35,43)(H,36,37,44)/t20?,21-,22+,30-/m0/s1. The zero-order valence-electron chi connectivity index (χ0n) is 24.8. The molecule has 1 unspecified atom stereocenters. The number of rotatable bonds is 7. The van der Waals surface area contributed by atoms with Crippen LogP contribution in [-0.4, -0.2) is 61.2 Å². The number of ketones is 1. The Morgan fingerprint density at radius 1 is 1.07 bits per heavy atom. The molecule has 3 aromatic rings. The lowest BCUT2D eigenvalue weighted by Crippen LogP contribution is -2.47. The van der Waals surface area contributed by atoms with E-state index in [1.54, 1.807) is 24.0 Å². The summed E-state index contributed by atoms with van der Waals surface area (Å²) in [5, 5.41) is 10.4. The van der Waals surface area contributed by atoms with Crippen molar-refractivity contribution in [2.45, 2.75) is 84.4 Å². The number of anilines is 2. The van der Waals surface area contributed by atoms with Gasteiger partial charge in [0, 0.05) is 30.5 Å². The number of benzene rings is 1. The number of amides is 3. The number of carbonyl (C=O) groups excluding carboxylic acids is 4. The summed E-state index contributed by atoms with van der Waals surface area (Å²) in [5.74, 6) is -5.80. The third-order valence-corrected chi connectivity index (χ3v) is 9.72. The Labute approximate surface area is 261 Å². The Morgan fingerprint density at radius 2 is 1.82 bits per heavy atom. The largest absolute Gasteiger partial charge is 0.326 e. The molecule has 0 spiro atoms. The van der Waals surface area contributed by atoms with Crippen molar-refractivity contribution in [3.63, 3.8) is 0 Å².